The molecule has 24 heavy (non-hydrogen) atoms. The number of anilines is 1. The number of benzene rings is 2. The summed E-state index contributed by atoms with van der Waals surface area (Å²) in [5.74, 6) is 0.135. The highest BCUT2D eigenvalue weighted by Gasteiger charge is 2.06. The largest absolute Gasteiger partial charge is 0.493 e. The first-order valence-corrected chi connectivity index (χ1v) is 7.53. The minimum atomic E-state index is -0.368. The van der Waals surface area contributed by atoms with Crippen LogP contribution in [0.15, 0.2) is 53.6 Å². The number of carbonyl (C=O) groups is 2. The van der Waals surface area contributed by atoms with Gasteiger partial charge in [0.05, 0.1) is 12.8 Å². The van der Waals surface area contributed by atoms with Crippen molar-refractivity contribution in [1.82, 2.24) is 5.43 Å². The standard InChI is InChI=1S/C18H19N3O3/c1-3-24-17-10-5-4-7-15(17)12-19-21-18(23)14-8-6-9-16(11-14)20-13(2)22/h4-12H,3H2,1-2H3,(H,20,22)(H,21,23). The number of ether oxygens (including phenoxy) is 1. The molecule has 2 aromatic rings. The van der Waals surface area contributed by atoms with Crippen LogP contribution in [0.4, 0.5) is 5.69 Å². The van der Waals surface area contributed by atoms with E-state index < -0.39 is 0 Å². The molecule has 0 saturated carbocycles. The van der Waals surface area contributed by atoms with Gasteiger partial charge in [-0.2, -0.15) is 5.10 Å². The van der Waals surface area contributed by atoms with Gasteiger partial charge in [0.2, 0.25) is 5.91 Å². The van der Waals surface area contributed by atoms with Gasteiger partial charge >= 0.3 is 0 Å². The van der Waals surface area contributed by atoms with Crippen molar-refractivity contribution in [3.8, 4) is 5.75 Å². The monoisotopic (exact) mass is 325 g/mol. The van der Waals surface area contributed by atoms with E-state index in [-0.39, 0.29) is 11.8 Å². The van der Waals surface area contributed by atoms with Crippen LogP contribution >= 0.6 is 0 Å². The molecule has 0 fully saturated rings. The maximum atomic E-state index is 12.1. The molecule has 0 atom stereocenters. The maximum absolute atomic E-state index is 12.1. The number of para-hydroxylation sites is 1. The number of nitrogens with zero attached hydrogens (tertiary/aromatic N) is 1. The summed E-state index contributed by atoms with van der Waals surface area (Å²) in [5.41, 5.74) is 4.19. The average Bonchev–Trinajstić information content (AvgIpc) is 2.56. The molecule has 0 aliphatic rings. The second-order valence-corrected chi connectivity index (χ2v) is 4.93. The van der Waals surface area contributed by atoms with E-state index in [0.29, 0.717) is 23.6 Å². The molecule has 0 aromatic heterocycles. The van der Waals surface area contributed by atoms with Gasteiger partial charge in [0.1, 0.15) is 5.75 Å². The van der Waals surface area contributed by atoms with Crippen molar-refractivity contribution < 1.29 is 14.3 Å². The van der Waals surface area contributed by atoms with Gasteiger partial charge in [-0.05, 0) is 37.3 Å². The molecule has 0 saturated heterocycles. The first-order valence-electron chi connectivity index (χ1n) is 7.53. The van der Waals surface area contributed by atoms with Crippen molar-refractivity contribution in [2.45, 2.75) is 13.8 Å². The molecule has 0 spiro atoms. The molecule has 2 amide bonds. The Hall–Kier alpha value is -3.15. The van der Waals surface area contributed by atoms with Crippen LogP contribution in [0.3, 0.4) is 0 Å². The van der Waals surface area contributed by atoms with Gasteiger partial charge in [0.25, 0.3) is 5.91 Å². The molecule has 0 aliphatic carbocycles. The van der Waals surface area contributed by atoms with Crippen molar-refractivity contribution in [2.24, 2.45) is 5.10 Å². The second kappa shape index (κ2) is 8.47. The molecule has 0 radical (unpaired) electrons. The van der Waals surface area contributed by atoms with Crippen LogP contribution in [0, 0.1) is 0 Å². The van der Waals surface area contributed by atoms with E-state index in [1.807, 2.05) is 31.2 Å². The molecule has 0 bridgehead atoms. The van der Waals surface area contributed by atoms with Gasteiger partial charge in [0, 0.05) is 23.7 Å². The predicted molar refractivity (Wildman–Crippen MR) is 93.4 cm³/mol. The molecule has 2 N–H and O–H groups in total. The average molecular weight is 325 g/mol. The number of hydrazone groups is 1. The normalized spacial score (nSPS) is 10.4. The minimum absolute atomic E-state index is 0.196. The summed E-state index contributed by atoms with van der Waals surface area (Å²) in [4.78, 5) is 23.2. The third kappa shape index (κ3) is 4.95. The van der Waals surface area contributed by atoms with E-state index in [9.17, 15) is 9.59 Å². The lowest BCUT2D eigenvalue weighted by atomic mass is 10.2. The van der Waals surface area contributed by atoms with Gasteiger partial charge in [-0.1, -0.05) is 18.2 Å². The van der Waals surface area contributed by atoms with E-state index in [1.54, 1.807) is 24.3 Å². The molecule has 0 aliphatic heterocycles. The quantitative estimate of drug-likeness (QED) is 0.633. The molecule has 2 aromatic carbocycles. The summed E-state index contributed by atoms with van der Waals surface area (Å²) in [6.45, 7) is 3.86. The van der Waals surface area contributed by atoms with Gasteiger partial charge in [-0.3, -0.25) is 9.59 Å². The number of carbonyl (C=O) groups excluding carboxylic acids is 2. The lowest BCUT2D eigenvalue weighted by Crippen LogP contribution is -2.18. The first-order chi connectivity index (χ1) is 11.6. The summed E-state index contributed by atoms with van der Waals surface area (Å²) in [7, 11) is 0. The van der Waals surface area contributed by atoms with Gasteiger partial charge in [-0.25, -0.2) is 5.43 Å². The summed E-state index contributed by atoms with van der Waals surface area (Å²) >= 11 is 0. The highest BCUT2D eigenvalue weighted by atomic mass is 16.5. The van der Waals surface area contributed by atoms with E-state index in [0.717, 1.165) is 5.56 Å². The molecule has 0 unspecified atom stereocenters. The smallest absolute Gasteiger partial charge is 0.271 e. The Labute approximate surface area is 140 Å². The second-order valence-electron chi connectivity index (χ2n) is 4.93. The zero-order chi connectivity index (χ0) is 17.4. The maximum Gasteiger partial charge on any atom is 0.271 e. The highest BCUT2D eigenvalue weighted by Crippen LogP contribution is 2.15. The highest BCUT2D eigenvalue weighted by molar-refractivity contribution is 5.97. The third-order valence-corrected chi connectivity index (χ3v) is 3.03. The van der Waals surface area contributed by atoms with Crippen LogP contribution in [-0.4, -0.2) is 24.6 Å². The lowest BCUT2D eigenvalue weighted by molar-refractivity contribution is -0.114. The molecule has 2 rings (SSSR count). The van der Waals surface area contributed by atoms with Crippen molar-refractivity contribution >= 4 is 23.7 Å². The molecule has 124 valence electrons. The summed E-state index contributed by atoms with van der Waals surface area (Å²) in [6.07, 6.45) is 1.53. The molecular weight excluding hydrogens is 306 g/mol. The van der Waals surface area contributed by atoms with Crippen LogP contribution in [0.1, 0.15) is 29.8 Å². The van der Waals surface area contributed by atoms with E-state index in [2.05, 4.69) is 15.8 Å². The Morgan fingerprint density at radius 2 is 1.96 bits per heavy atom. The molecule has 0 heterocycles. The minimum Gasteiger partial charge on any atom is -0.493 e. The van der Waals surface area contributed by atoms with E-state index in [1.165, 1.54) is 13.1 Å². The van der Waals surface area contributed by atoms with Gasteiger partial charge < -0.3 is 10.1 Å². The van der Waals surface area contributed by atoms with E-state index >= 15 is 0 Å². The van der Waals surface area contributed by atoms with E-state index in [4.69, 9.17) is 4.74 Å². The summed E-state index contributed by atoms with van der Waals surface area (Å²) in [6, 6.07) is 14.0. The van der Waals surface area contributed by atoms with Crippen LogP contribution in [0.2, 0.25) is 0 Å². The van der Waals surface area contributed by atoms with Gasteiger partial charge in [-0.15, -0.1) is 0 Å². The number of hydrogen-bond acceptors (Lipinski definition) is 4. The fourth-order valence-corrected chi connectivity index (χ4v) is 2.04. The number of amides is 2. The number of rotatable bonds is 6. The summed E-state index contributed by atoms with van der Waals surface area (Å²) < 4.78 is 5.49. The third-order valence-electron chi connectivity index (χ3n) is 3.03. The Balaban J connectivity index is 2.04. The molecule has 6 heteroatoms. The Kier molecular flexibility index (Phi) is 6.08. The first kappa shape index (κ1) is 17.2. The van der Waals surface area contributed by atoms with Crippen LogP contribution < -0.4 is 15.5 Å². The Morgan fingerprint density at radius 3 is 2.71 bits per heavy atom. The SMILES string of the molecule is CCOc1ccccc1C=NNC(=O)c1cccc(NC(C)=O)c1. The van der Waals surface area contributed by atoms with Crippen LogP contribution in [0.25, 0.3) is 0 Å². The number of nitrogens with one attached hydrogen (secondary N) is 2. The summed E-state index contributed by atoms with van der Waals surface area (Å²) in [5, 5.41) is 6.59. The predicted octanol–water partition coefficient (Wildman–Crippen LogP) is 2.81. The van der Waals surface area contributed by atoms with Crippen molar-refractivity contribution in [1.29, 1.82) is 0 Å². The fraction of sp³-hybridized carbons (Fsp3) is 0.167. The topological polar surface area (TPSA) is 79.8 Å². The van der Waals surface area contributed by atoms with Crippen LogP contribution in [-0.2, 0) is 4.79 Å². The number of hydrogen-bond donors (Lipinski definition) is 2. The van der Waals surface area contributed by atoms with Crippen LogP contribution in [0.5, 0.6) is 5.75 Å². The fourth-order valence-electron chi connectivity index (χ4n) is 2.04. The van der Waals surface area contributed by atoms with Gasteiger partial charge in [0.15, 0.2) is 0 Å². The molecule has 6 nitrogen and oxygen atoms in total. The van der Waals surface area contributed by atoms with Crippen molar-refractivity contribution in [3.05, 3.63) is 59.7 Å². The van der Waals surface area contributed by atoms with Crippen molar-refractivity contribution in [3.63, 3.8) is 0 Å². The zero-order valence-corrected chi connectivity index (χ0v) is 13.6. The lowest BCUT2D eigenvalue weighted by Gasteiger charge is -2.06. The zero-order valence-electron chi connectivity index (χ0n) is 13.6. The Morgan fingerprint density at radius 1 is 1.17 bits per heavy atom. The van der Waals surface area contributed by atoms with Crippen molar-refractivity contribution in [2.75, 3.05) is 11.9 Å². The molecular formula is C18H19N3O3. The Bertz CT molecular complexity index is 757.